The van der Waals surface area contributed by atoms with E-state index in [2.05, 4.69) is 9.89 Å². The Kier molecular flexibility index (Phi) is 5.48. The highest BCUT2D eigenvalue weighted by atomic mass is 32.2. The van der Waals surface area contributed by atoms with Crippen molar-refractivity contribution in [2.75, 3.05) is 26.2 Å². The largest absolute Gasteiger partial charge is 0.342 e. The van der Waals surface area contributed by atoms with Gasteiger partial charge >= 0.3 is 0 Å². The van der Waals surface area contributed by atoms with Crippen LogP contribution in [0.1, 0.15) is 31.2 Å². The number of aliphatic imine (C=N–C) groups is 1. The lowest BCUT2D eigenvalue weighted by molar-refractivity contribution is -0.132. The number of halogens is 2. The van der Waals surface area contributed by atoms with Gasteiger partial charge in [0.2, 0.25) is 5.91 Å². The number of rotatable bonds is 5. The van der Waals surface area contributed by atoms with Gasteiger partial charge in [0.05, 0.1) is 13.0 Å². The molecule has 0 bridgehead atoms. The quantitative estimate of drug-likeness (QED) is 0.766. The average molecular weight is 391 g/mol. The van der Waals surface area contributed by atoms with E-state index in [-0.39, 0.29) is 5.91 Å². The molecule has 0 radical (unpaired) electrons. The Balaban J connectivity index is 1.30. The van der Waals surface area contributed by atoms with E-state index in [1.54, 1.807) is 11.8 Å². The van der Waals surface area contributed by atoms with Crippen LogP contribution in [0, 0.1) is 17.6 Å². The van der Waals surface area contributed by atoms with E-state index in [0.29, 0.717) is 24.3 Å². The molecule has 3 aliphatic rings. The van der Waals surface area contributed by atoms with E-state index < -0.39 is 11.6 Å². The number of likely N-dealkylation sites (tertiary alicyclic amines) is 1. The molecular formula is C20H23F2N3OS. The summed E-state index contributed by atoms with van der Waals surface area (Å²) in [5.41, 5.74) is 1.60. The number of benzene rings is 1. The van der Waals surface area contributed by atoms with Crippen molar-refractivity contribution in [1.82, 2.24) is 9.80 Å². The minimum Gasteiger partial charge on any atom is -0.342 e. The van der Waals surface area contributed by atoms with Crippen molar-refractivity contribution in [3.63, 3.8) is 0 Å². The average Bonchev–Trinajstić information content (AvgIpc) is 3.26. The third kappa shape index (κ3) is 4.18. The predicted molar refractivity (Wildman–Crippen MR) is 103 cm³/mol. The Hall–Kier alpha value is -1.89. The molecule has 1 atom stereocenters. The Bertz CT molecular complexity index is 795. The fourth-order valence-corrected chi connectivity index (χ4v) is 4.95. The topological polar surface area (TPSA) is 35.9 Å². The molecule has 0 aromatic heterocycles. The first kappa shape index (κ1) is 18.5. The number of aryl methyl sites for hydroxylation is 1. The molecule has 0 N–H and O–H groups in total. The summed E-state index contributed by atoms with van der Waals surface area (Å²) in [6.07, 6.45) is 3.84. The second-order valence-corrected chi connectivity index (χ2v) is 8.18. The highest BCUT2D eigenvalue weighted by Gasteiger charge is 2.30. The zero-order chi connectivity index (χ0) is 18.8. The summed E-state index contributed by atoms with van der Waals surface area (Å²) in [4.78, 5) is 21.3. The minimum absolute atomic E-state index is 0.160. The molecule has 7 heteroatoms. The molecule has 0 unspecified atom stereocenters. The van der Waals surface area contributed by atoms with Crippen molar-refractivity contribution >= 4 is 22.8 Å². The van der Waals surface area contributed by atoms with Gasteiger partial charge in [-0.05, 0) is 48.6 Å². The monoisotopic (exact) mass is 391 g/mol. The van der Waals surface area contributed by atoms with E-state index in [1.807, 2.05) is 10.3 Å². The van der Waals surface area contributed by atoms with Crippen LogP contribution >= 0.6 is 11.8 Å². The Morgan fingerprint density at radius 2 is 2.19 bits per heavy atom. The smallest absolute Gasteiger partial charge is 0.228 e. The highest BCUT2D eigenvalue weighted by molar-refractivity contribution is 8.16. The molecule has 27 heavy (non-hydrogen) atoms. The van der Waals surface area contributed by atoms with Crippen LogP contribution in [0.3, 0.4) is 0 Å². The number of nitrogens with zero attached hydrogens (tertiary/aromatic N) is 3. The number of fused-ring (bicyclic) bond motifs is 1. The van der Waals surface area contributed by atoms with Gasteiger partial charge in [0.25, 0.3) is 0 Å². The summed E-state index contributed by atoms with van der Waals surface area (Å²) in [6, 6.07) is 3.77. The van der Waals surface area contributed by atoms with Crippen LogP contribution in [-0.2, 0) is 11.2 Å². The van der Waals surface area contributed by atoms with E-state index in [0.717, 1.165) is 62.4 Å². The summed E-state index contributed by atoms with van der Waals surface area (Å²) in [5.74, 6) is -0.501. The lowest BCUT2D eigenvalue weighted by Gasteiger charge is -2.33. The summed E-state index contributed by atoms with van der Waals surface area (Å²) >= 11 is 1.60. The molecule has 1 amide bonds. The first-order valence-electron chi connectivity index (χ1n) is 9.49. The molecule has 0 spiro atoms. The second kappa shape index (κ2) is 8.00. The molecule has 3 aliphatic heterocycles. The molecule has 4 nitrogen and oxygen atoms in total. The van der Waals surface area contributed by atoms with E-state index in [4.69, 9.17) is 0 Å². The number of carbonyl (C=O) groups is 1. The molecule has 1 saturated heterocycles. The normalized spacial score (nSPS) is 21.9. The number of hydrogen-bond donors (Lipinski definition) is 0. The Morgan fingerprint density at radius 3 is 3.04 bits per heavy atom. The molecule has 0 aliphatic carbocycles. The SMILES string of the molecule is O=C(CC1=CSC2=NCCN12)N1CCC[C@@H](CCc2ccc(F)cc2F)C1. The summed E-state index contributed by atoms with van der Waals surface area (Å²) in [6.45, 7) is 3.19. The zero-order valence-electron chi connectivity index (χ0n) is 15.2. The number of carbonyl (C=O) groups excluding carboxylic acids is 1. The van der Waals surface area contributed by atoms with Gasteiger partial charge in [-0.15, -0.1) is 0 Å². The van der Waals surface area contributed by atoms with Crippen molar-refractivity contribution in [2.24, 2.45) is 10.9 Å². The van der Waals surface area contributed by atoms with Gasteiger partial charge in [0.15, 0.2) is 5.17 Å². The Labute approximate surface area is 162 Å². The van der Waals surface area contributed by atoms with Gasteiger partial charge in [-0.2, -0.15) is 0 Å². The van der Waals surface area contributed by atoms with Crippen molar-refractivity contribution < 1.29 is 13.6 Å². The highest BCUT2D eigenvalue weighted by Crippen LogP contribution is 2.32. The van der Waals surface area contributed by atoms with E-state index >= 15 is 0 Å². The molecule has 1 fully saturated rings. The fourth-order valence-electron chi connectivity index (χ4n) is 3.99. The third-order valence-electron chi connectivity index (χ3n) is 5.49. The first-order valence-corrected chi connectivity index (χ1v) is 10.4. The lowest BCUT2D eigenvalue weighted by Crippen LogP contribution is -2.40. The van der Waals surface area contributed by atoms with Crippen molar-refractivity contribution in [2.45, 2.75) is 32.1 Å². The van der Waals surface area contributed by atoms with Gasteiger partial charge in [0.1, 0.15) is 11.6 Å². The zero-order valence-corrected chi connectivity index (χ0v) is 16.0. The fraction of sp³-hybridized carbons (Fsp3) is 0.500. The Morgan fingerprint density at radius 1 is 1.30 bits per heavy atom. The molecule has 3 heterocycles. The van der Waals surface area contributed by atoms with Crippen molar-refractivity contribution in [3.05, 3.63) is 46.5 Å². The summed E-state index contributed by atoms with van der Waals surface area (Å²) in [5, 5.41) is 3.05. The summed E-state index contributed by atoms with van der Waals surface area (Å²) in [7, 11) is 0. The van der Waals surface area contributed by atoms with Gasteiger partial charge in [-0.25, -0.2) is 8.78 Å². The molecule has 4 rings (SSSR count). The van der Waals surface area contributed by atoms with Crippen LogP contribution < -0.4 is 0 Å². The minimum atomic E-state index is -0.545. The van der Waals surface area contributed by atoms with Gasteiger partial charge in [0, 0.05) is 31.4 Å². The van der Waals surface area contributed by atoms with Gasteiger partial charge < -0.3 is 9.80 Å². The maximum atomic E-state index is 13.8. The molecule has 1 aromatic carbocycles. The number of hydrogen-bond acceptors (Lipinski definition) is 4. The number of piperidine rings is 1. The first-order chi connectivity index (χ1) is 13.1. The molecule has 0 saturated carbocycles. The van der Waals surface area contributed by atoms with Crippen LogP contribution in [0.4, 0.5) is 8.78 Å². The number of amides is 1. The number of amidine groups is 1. The van der Waals surface area contributed by atoms with Crippen LogP contribution in [0.2, 0.25) is 0 Å². The maximum absolute atomic E-state index is 13.8. The van der Waals surface area contributed by atoms with E-state index in [1.165, 1.54) is 12.1 Å². The predicted octanol–water partition coefficient (Wildman–Crippen LogP) is 3.79. The van der Waals surface area contributed by atoms with Crippen LogP contribution in [0.25, 0.3) is 0 Å². The van der Waals surface area contributed by atoms with Gasteiger partial charge in [-0.1, -0.05) is 17.8 Å². The van der Waals surface area contributed by atoms with Crippen LogP contribution in [0.5, 0.6) is 0 Å². The molecule has 144 valence electrons. The van der Waals surface area contributed by atoms with Gasteiger partial charge in [-0.3, -0.25) is 9.79 Å². The molecule has 1 aromatic rings. The van der Waals surface area contributed by atoms with Crippen LogP contribution in [-0.4, -0.2) is 47.1 Å². The van der Waals surface area contributed by atoms with Crippen molar-refractivity contribution in [1.29, 1.82) is 0 Å². The van der Waals surface area contributed by atoms with E-state index in [9.17, 15) is 13.6 Å². The van der Waals surface area contributed by atoms with Crippen LogP contribution in [0.15, 0.2) is 34.3 Å². The third-order valence-corrected chi connectivity index (χ3v) is 6.44. The second-order valence-electron chi connectivity index (χ2n) is 7.34. The lowest BCUT2D eigenvalue weighted by atomic mass is 9.91. The number of thioether (sulfide) groups is 1. The maximum Gasteiger partial charge on any atom is 0.228 e. The summed E-state index contributed by atoms with van der Waals surface area (Å²) < 4.78 is 26.8. The van der Waals surface area contributed by atoms with Crippen molar-refractivity contribution in [3.8, 4) is 0 Å². The standard InChI is InChI=1S/C20H23F2N3OS/c21-16-6-5-15(18(22)10-16)4-3-14-2-1-8-24(12-14)19(26)11-17-13-27-20-23-7-9-25(17)20/h5-6,10,13-14H,1-4,7-9,11-12H2/t14-/m0/s1. The molecular weight excluding hydrogens is 368 g/mol.